The number of rotatable bonds is 3. The first-order valence-electron chi connectivity index (χ1n) is 5.27. The van der Waals surface area contributed by atoms with Crippen LogP contribution in [0, 0.1) is 0 Å². The summed E-state index contributed by atoms with van der Waals surface area (Å²) in [5.41, 5.74) is -0.440. The van der Waals surface area contributed by atoms with E-state index in [4.69, 9.17) is 9.47 Å². The molecule has 1 aliphatic heterocycles. The van der Waals surface area contributed by atoms with Crippen LogP contribution in [0.15, 0.2) is 0 Å². The van der Waals surface area contributed by atoms with Gasteiger partial charge in [-0.2, -0.15) is 0 Å². The van der Waals surface area contributed by atoms with Crippen molar-refractivity contribution in [2.45, 2.75) is 57.3 Å². The van der Waals surface area contributed by atoms with Crippen molar-refractivity contribution in [3.63, 3.8) is 0 Å². The minimum absolute atomic E-state index is 0.0169. The zero-order valence-electron chi connectivity index (χ0n) is 9.67. The third kappa shape index (κ3) is 2.47. The van der Waals surface area contributed by atoms with Gasteiger partial charge < -0.3 is 14.6 Å². The third-order valence-corrected chi connectivity index (χ3v) is 3.09. The van der Waals surface area contributed by atoms with E-state index in [0.717, 1.165) is 19.3 Å². The summed E-state index contributed by atoms with van der Waals surface area (Å²) < 4.78 is 11.3. The van der Waals surface area contributed by atoms with E-state index in [2.05, 4.69) is 13.8 Å². The lowest BCUT2D eigenvalue weighted by atomic mass is 9.84. The van der Waals surface area contributed by atoms with Gasteiger partial charge in [0.15, 0.2) is 0 Å². The van der Waals surface area contributed by atoms with Gasteiger partial charge in [-0.25, -0.2) is 0 Å². The third-order valence-electron chi connectivity index (χ3n) is 3.09. The molecule has 84 valence electrons. The fourth-order valence-electron chi connectivity index (χ4n) is 2.34. The number of ether oxygens (including phenoxy) is 2. The Labute approximate surface area is 86.4 Å². The van der Waals surface area contributed by atoms with E-state index in [0.29, 0.717) is 0 Å². The van der Waals surface area contributed by atoms with Crippen molar-refractivity contribution in [3.8, 4) is 0 Å². The first kappa shape index (κ1) is 12.0. The molecule has 1 rings (SSSR count). The average Bonchev–Trinajstić information content (AvgIpc) is 2.03. The van der Waals surface area contributed by atoms with E-state index < -0.39 is 0 Å². The number of aliphatic hydroxyl groups excluding tert-OH is 1. The van der Waals surface area contributed by atoms with E-state index in [1.807, 2.05) is 6.92 Å². The predicted molar refractivity (Wildman–Crippen MR) is 55.3 cm³/mol. The fraction of sp³-hybridized carbons (Fsp3) is 1.00. The van der Waals surface area contributed by atoms with Crippen LogP contribution in [-0.2, 0) is 9.47 Å². The summed E-state index contributed by atoms with van der Waals surface area (Å²) in [5.74, 6) is 0. The number of methoxy groups -OCH3 is 1. The molecule has 14 heavy (non-hydrogen) atoms. The lowest BCUT2D eigenvalue weighted by molar-refractivity contribution is -0.220. The second-order valence-electron chi connectivity index (χ2n) is 4.93. The highest BCUT2D eigenvalue weighted by molar-refractivity contribution is 4.92. The molecular formula is C11H22O3. The summed E-state index contributed by atoms with van der Waals surface area (Å²) in [7, 11) is 1.62. The first-order chi connectivity index (χ1) is 6.43. The minimum atomic E-state index is -0.342. The molecule has 1 fully saturated rings. The van der Waals surface area contributed by atoms with Gasteiger partial charge in [0.05, 0.1) is 17.8 Å². The van der Waals surface area contributed by atoms with Crippen LogP contribution in [0.3, 0.4) is 0 Å². The molecule has 2 unspecified atom stereocenters. The van der Waals surface area contributed by atoms with Gasteiger partial charge >= 0.3 is 0 Å². The number of aliphatic hydroxyl groups is 1. The molecule has 0 aromatic carbocycles. The van der Waals surface area contributed by atoms with Crippen LogP contribution in [0.25, 0.3) is 0 Å². The second kappa shape index (κ2) is 4.17. The fourth-order valence-corrected chi connectivity index (χ4v) is 2.34. The molecule has 0 radical (unpaired) electrons. The Morgan fingerprint density at radius 1 is 1.36 bits per heavy atom. The van der Waals surface area contributed by atoms with Gasteiger partial charge in [0.1, 0.15) is 6.10 Å². The average molecular weight is 202 g/mol. The summed E-state index contributed by atoms with van der Waals surface area (Å²) in [6.45, 7) is 6.23. The number of hydrogen-bond acceptors (Lipinski definition) is 3. The van der Waals surface area contributed by atoms with Crippen LogP contribution in [0.4, 0.5) is 0 Å². The standard InChI is InChI=1S/C11H22O3/c1-10(2)6-5-7-11(3,14-10)9(8-12)13-4/h9,12H,5-8H2,1-4H3. The highest BCUT2D eigenvalue weighted by atomic mass is 16.6. The largest absolute Gasteiger partial charge is 0.394 e. The van der Waals surface area contributed by atoms with Crippen molar-refractivity contribution in [3.05, 3.63) is 0 Å². The van der Waals surface area contributed by atoms with E-state index in [1.54, 1.807) is 7.11 Å². The molecule has 1 heterocycles. The normalized spacial score (nSPS) is 34.1. The Morgan fingerprint density at radius 3 is 2.43 bits per heavy atom. The smallest absolute Gasteiger partial charge is 0.109 e. The van der Waals surface area contributed by atoms with Crippen LogP contribution in [0.1, 0.15) is 40.0 Å². The molecule has 0 aliphatic carbocycles. The van der Waals surface area contributed by atoms with Crippen LogP contribution >= 0.6 is 0 Å². The van der Waals surface area contributed by atoms with Gasteiger partial charge in [-0.1, -0.05) is 0 Å². The van der Waals surface area contributed by atoms with Crippen molar-refractivity contribution in [1.29, 1.82) is 0 Å². The molecule has 2 atom stereocenters. The first-order valence-corrected chi connectivity index (χ1v) is 5.27. The second-order valence-corrected chi connectivity index (χ2v) is 4.93. The quantitative estimate of drug-likeness (QED) is 0.757. The highest BCUT2D eigenvalue weighted by Gasteiger charge is 2.42. The molecule has 0 spiro atoms. The lowest BCUT2D eigenvalue weighted by Gasteiger charge is -2.46. The highest BCUT2D eigenvalue weighted by Crippen LogP contribution is 2.37. The maximum absolute atomic E-state index is 9.21. The molecular weight excluding hydrogens is 180 g/mol. The molecule has 1 saturated heterocycles. The summed E-state index contributed by atoms with van der Waals surface area (Å²) >= 11 is 0. The molecule has 1 aliphatic rings. The number of hydrogen-bond donors (Lipinski definition) is 1. The van der Waals surface area contributed by atoms with Gasteiger partial charge in [-0.05, 0) is 40.0 Å². The van der Waals surface area contributed by atoms with E-state index in [1.165, 1.54) is 0 Å². The zero-order valence-corrected chi connectivity index (χ0v) is 9.67. The Bertz CT molecular complexity index is 187. The van der Waals surface area contributed by atoms with Gasteiger partial charge in [0, 0.05) is 7.11 Å². The summed E-state index contributed by atoms with van der Waals surface area (Å²) in [6.07, 6.45) is 2.94. The van der Waals surface area contributed by atoms with Crippen molar-refractivity contribution in [2.24, 2.45) is 0 Å². The van der Waals surface area contributed by atoms with Crippen molar-refractivity contribution >= 4 is 0 Å². The van der Waals surface area contributed by atoms with Crippen molar-refractivity contribution < 1.29 is 14.6 Å². The summed E-state index contributed by atoms with van der Waals surface area (Å²) in [5, 5.41) is 9.21. The molecule has 3 nitrogen and oxygen atoms in total. The molecule has 1 N–H and O–H groups in total. The molecule has 0 aromatic heterocycles. The van der Waals surface area contributed by atoms with Crippen LogP contribution in [0.2, 0.25) is 0 Å². The zero-order chi connectivity index (χ0) is 10.8. The molecule has 0 amide bonds. The van der Waals surface area contributed by atoms with Crippen LogP contribution < -0.4 is 0 Å². The Hall–Kier alpha value is -0.120. The predicted octanol–water partition coefficient (Wildman–Crippen LogP) is 1.73. The van der Waals surface area contributed by atoms with Gasteiger partial charge in [-0.15, -0.1) is 0 Å². The maximum atomic E-state index is 9.21. The monoisotopic (exact) mass is 202 g/mol. The summed E-state index contributed by atoms with van der Waals surface area (Å²) in [4.78, 5) is 0. The molecule has 0 bridgehead atoms. The molecule has 0 aromatic rings. The topological polar surface area (TPSA) is 38.7 Å². The van der Waals surface area contributed by atoms with E-state index >= 15 is 0 Å². The summed E-state index contributed by atoms with van der Waals surface area (Å²) in [6, 6.07) is 0. The Balaban J connectivity index is 2.72. The van der Waals surface area contributed by atoms with Gasteiger partial charge in [0.25, 0.3) is 0 Å². The van der Waals surface area contributed by atoms with Gasteiger partial charge in [0.2, 0.25) is 0 Å². The van der Waals surface area contributed by atoms with Crippen LogP contribution in [0.5, 0.6) is 0 Å². The molecule has 0 saturated carbocycles. The Kier molecular flexibility index (Phi) is 3.56. The Morgan fingerprint density at radius 2 is 2.00 bits per heavy atom. The lowest BCUT2D eigenvalue weighted by Crippen LogP contribution is -2.52. The van der Waals surface area contributed by atoms with E-state index in [-0.39, 0.29) is 23.9 Å². The van der Waals surface area contributed by atoms with Gasteiger partial charge in [-0.3, -0.25) is 0 Å². The minimum Gasteiger partial charge on any atom is -0.394 e. The van der Waals surface area contributed by atoms with Crippen LogP contribution in [-0.4, -0.2) is 36.1 Å². The van der Waals surface area contributed by atoms with E-state index in [9.17, 15) is 5.11 Å². The van der Waals surface area contributed by atoms with Crippen molar-refractivity contribution in [2.75, 3.05) is 13.7 Å². The maximum Gasteiger partial charge on any atom is 0.109 e. The molecule has 3 heteroatoms. The SMILES string of the molecule is COC(CO)C1(C)CCCC(C)(C)O1. The van der Waals surface area contributed by atoms with Crippen molar-refractivity contribution in [1.82, 2.24) is 0 Å².